The van der Waals surface area contributed by atoms with Crippen LogP contribution >= 0.6 is 0 Å². The predicted molar refractivity (Wildman–Crippen MR) is 135 cm³/mol. The highest BCUT2D eigenvalue weighted by molar-refractivity contribution is 6.46. The zero-order chi connectivity index (χ0) is 25.5. The van der Waals surface area contributed by atoms with E-state index in [0.717, 1.165) is 12.0 Å². The smallest absolute Gasteiger partial charge is 0.295 e. The molecule has 0 bridgehead atoms. The standard InChI is InChI=1S/C28H35NO6/c1-6-34-23-17-21(11-12-22(23)35-15-13-18(2)3)25-24(26(30)20-9-7-19(4)8-10-20)27(31)28(32)29(25)14-16-33-5/h7-12,17-18,25,30H,6,13-16H2,1-5H3. The van der Waals surface area contributed by atoms with E-state index in [-0.39, 0.29) is 24.5 Å². The number of benzene rings is 2. The Kier molecular flexibility index (Phi) is 8.93. The highest BCUT2D eigenvalue weighted by Crippen LogP contribution is 2.42. The summed E-state index contributed by atoms with van der Waals surface area (Å²) in [6.07, 6.45) is 0.904. The number of hydrogen-bond acceptors (Lipinski definition) is 6. The maximum absolute atomic E-state index is 13.1. The lowest BCUT2D eigenvalue weighted by Crippen LogP contribution is -2.32. The molecule has 0 spiro atoms. The molecule has 35 heavy (non-hydrogen) atoms. The van der Waals surface area contributed by atoms with Gasteiger partial charge >= 0.3 is 0 Å². The molecule has 7 nitrogen and oxygen atoms in total. The second-order valence-corrected chi connectivity index (χ2v) is 9.02. The van der Waals surface area contributed by atoms with Crippen LogP contribution in [-0.4, -0.2) is 55.2 Å². The molecular formula is C28H35NO6. The first kappa shape index (κ1) is 26.3. The van der Waals surface area contributed by atoms with Gasteiger partial charge in [0.05, 0.1) is 31.4 Å². The normalized spacial score (nSPS) is 17.3. The van der Waals surface area contributed by atoms with E-state index in [2.05, 4.69) is 13.8 Å². The summed E-state index contributed by atoms with van der Waals surface area (Å²) in [4.78, 5) is 27.6. The number of aliphatic hydroxyl groups is 1. The van der Waals surface area contributed by atoms with Crippen LogP contribution in [0.4, 0.5) is 0 Å². The first-order valence-corrected chi connectivity index (χ1v) is 12.0. The van der Waals surface area contributed by atoms with Gasteiger partial charge in [0.15, 0.2) is 11.5 Å². The Bertz CT molecular complexity index is 1070. The van der Waals surface area contributed by atoms with Crippen molar-refractivity contribution in [3.63, 3.8) is 0 Å². The third-order valence-electron chi connectivity index (χ3n) is 5.94. The number of ether oxygens (including phenoxy) is 3. The van der Waals surface area contributed by atoms with Gasteiger partial charge in [-0.25, -0.2) is 0 Å². The molecule has 2 aromatic rings. The number of nitrogens with zero attached hydrogens (tertiary/aromatic N) is 1. The summed E-state index contributed by atoms with van der Waals surface area (Å²) in [5.41, 5.74) is 2.19. The van der Waals surface area contributed by atoms with Crippen molar-refractivity contribution >= 4 is 17.4 Å². The molecule has 1 amide bonds. The largest absolute Gasteiger partial charge is 0.507 e. The van der Waals surface area contributed by atoms with Gasteiger partial charge in [0, 0.05) is 19.2 Å². The molecule has 1 saturated heterocycles. The molecule has 188 valence electrons. The minimum absolute atomic E-state index is 0.0471. The van der Waals surface area contributed by atoms with E-state index in [4.69, 9.17) is 14.2 Å². The van der Waals surface area contributed by atoms with Crippen LogP contribution in [-0.2, 0) is 14.3 Å². The fourth-order valence-corrected chi connectivity index (χ4v) is 4.00. The summed E-state index contributed by atoms with van der Waals surface area (Å²) in [6, 6.07) is 11.8. The third-order valence-corrected chi connectivity index (χ3v) is 5.94. The molecule has 1 fully saturated rings. The highest BCUT2D eigenvalue weighted by atomic mass is 16.5. The Morgan fingerprint density at radius 2 is 1.74 bits per heavy atom. The molecule has 1 N–H and O–H groups in total. The molecule has 0 radical (unpaired) electrons. The number of rotatable bonds is 11. The van der Waals surface area contributed by atoms with Crippen LogP contribution < -0.4 is 9.47 Å². The monoisotopic (exact) mass is 481 g/mol. The number of ketones is 1. The second-order valence-electron chi connectivity index (χ2n) is 9.02. The molecule has 1 aliphatic heterocycles. The van der Waals surface area contributed by atoms with Gasteiger partial charge in [-0.05, 0) is 43.9 Å². The van der Waals surface area contributed by atoms with Gasteiger partial charge in [0.25, 0.3) is 11.7 Å². The number of carbonyl (C=O) groups is 2. The van der Waals surface area contributed by atoms with Crippen molar-refractivity contribution < 1.29 is 28.9 Å². The molecular weight excluding hydrogens is 446 g/mol. The highest BCUT2D eigenvalue weighted by Gasteiger charge is 2.46. The minimum atomic E-state index is -0.782. The average molecular weight is 482 g/mol. The van der Waals surface area contributed by atoms with Gasteiger partial charge in [-0.2, -0.15) is 0 Å². The Hall–Kier alpha value is -3.32. The van der Waals surface area contributed by atoms with Crippen molar-refractivity contribution in [3.8, 4) is 11.5 Å². The molecule has 7 heteroatoms. The summed E-state index contributed by atoms with van der Waals surface area (Å²) in [7, 11) is 1.54. The first-order chi connectivity index (χ1) is 16.8. The summed E-state index contributed by atoms with van der Waals surface area (Å²) in [5.74, 6) is 0.0379. The quantitative estimate of drug-likeness (QED) is 0.280. The van der Waals surface area contributed by atoms with Gasteiger partial charge in [-0.15, -0.1) is 0 Å². The SMILES string of the molecule is CCOc1cc(C2C(=C(O)c3ccc(C)cc3)C(=O)C(=O)N2CCOC)ccc1OCCC(C)C. The molecule has 3 rings (SSSR count). The number of methoxy groups -OCH3 is 1. The number of aryl methyl sites for hydroxylation is 1. The van der Waals surface area contributed by atoms with Crippen LogP contribution in [0.1, 0.15) is 49.9 Å². The maximum atomic E-state index is 13.1. The van der Waals surface area contributed by atoms with Gasteiger partial charge in [-0.3, -0.25) is 9.59 Å². The number of amides is 1. The van der Waals surface area contributed by atoms with E-state index in [9.17, 15) is 14.7 Å². The molecule has 1 aliphatic rings. The summed E-state index contributed by atoms with van der Waals surface area (Å²) in [5, 5.41) is 11.2. The second kappa shape index (κ2) is 11.9. The van der Waals surface area contributed by atoms with Gasteiger partial charge in [0.1, 0.15) is 5.76 Å². The Labute approximate surface area is 207 Å². The number of aliphatic hydroxyl groups excluding tert-OH is 1. The van der Waals surface area contributed by atoms with Crippen LogP contribution in [0.3, 0.4) is 0 Å². The van der Waals surface area contributed by atoms with E-state index >= 15 is 0 Å². The summed E-state index contributed by atoms with van der Waals surface area (Å²) < 4.78 is 17.0. The summed E-state index contributed by atoms with van der Waals surface area (Å²) >= 11 is 0. The average Bonchev–Trinajstić information content (AvgIpc) is 3.08. The van der Waals surface area contributed by atoms with Crippen LogP contribution in [0.2, 0.25) is 0 Å². The van der Waals surface area contributed by atoms with Crippen molar-refractivity contribution in [1.82, 2.24) is 4.90 Å². The van der Waals surface area contributed by atoms with Crippen molar-refractivity contribution in [1.29, 1.82) is 0 Å². The lowest BCUT2D eigenvalue weighted by molar-refractivity contribution is -0.140. The van der Waals surface area contributed by atoms with E-state index in [1.54, 1.807) is 24.3 Å². The zero-order valence-corrected chi connectivity index (χ0v) is 21.2. The van der Waals surface area contributed by atoms with E-state index in [1.165, 1.54) is 12.0 Å². The minimum Gasteiger partial charge on any atom is -0.507 e. The maximum Gasteiger partial charge on any atom is 0.295 e. The van der Waals surface area contributed by atoms with Crippen molar-refractivity contribution in [2.24, 2.45) is 5.92 Å². The lowest BCUT2D eigenvalue weighted by Gasteiger charge is -2.26. The van der Waals surface area contributed by atoms with E-state index in [1.807, 2.05) is 32.0 Å². The summed E-state index contributed by atoms with van der Waals surface area (Å²) in [6.45, 7) is 9.52. The molecule has 2 aromatic carbocycles. The molecule has 0 aliphatic carbocycles. The number of hydrogen-bond donors (Lipinski definition) is 1. The first-order valence-electron chi connectivity index (χ1n) is 12.0. The topological polar surface area (TPSA) is 85.3 Å². The Morgan fingerprint density at radius 3 is 2.37 bits per heavy atom. The fourth-order valence-electron chi connectivity index (χ4n) is 4.00. The van der Waals surface area contributed by atoms with Gasteiger partial charge in [0.2, 0.25) is 0 Å². The molecule has 0 aromatic heterocycles. The molecule has 1 atom stereocenters. The van der Waals surface area contributed by atoms with Crippen molar-refractivity contribution in [2.75, 3.05) is 33.5 Å². The predicted octanol–water partition coefficient (Wildman–Crippen LogP) is 4.89. The zero-order valence-electron chi connectivity index (χ0n) is 21.2. The number of carbonyl (C=O) groups excluding carboxylic acids is 2. The van der Waals surface area contributed by atoms with E-state index in [0.29, 0.717) is 41.8 Å². The lowest BCUT2D eigenvalue weighted by atomic mass is 9.94. The molecule has 0 saturated carbocycles. The van der Waals surface area contributed by atoms with Crippen LogP contribution in [0, 0.1) is 12.8 Å². The Morgan fingerprint density at radius 1 is 1.03 bits per heavy atom. The van der Waals surface area contributed by atoms with Gasteiger partial charge in [-0.1, -0.05) is 49.7 Å². The molecule has 1 unspecified atom stereocenters. The number of Topliss-reactive ketones (excluding diaryl/α,β-unsaturated/α-hetero) is 1. The van der Waals surface area contributed by atoms with Crippen molar-refractivity contribution in [3.05, 3.63) is 64.7 Å². The van der Waals surface area contributed by atoms with Gasteiger partial charge < -0.3 is 24.2 Å². The van der Waals surface area contributed by atoms with Crippen molar-refractivity contribution in [2.45, 2.75) is 40.2 Å². The third kappa shape index (κ3) is 6.03. The number of likely N-dealkylation sites (tertiary alicyclic amines) is 1. The Balaban J connectivity index is 2.09. The fraction of sp³-hybridized carbons (Fsp3) is 0.429. The van der Waals surface area contributed by atoms with E-state index < -0.39 is 17.7 Å². The molecule has 1 heterocycles. The van der Waals surface area contributed by atoms with Crippen LogP contribution in [0.5, 0.6) is 11.5 Å². The van der Waals surface area contributed by atoms with Crippen LogP contribution in [0.25, 0.3) is 5.76 Å². The van der Waals surface area contributed by atoms with Crippen LogP contribution in [0.15, 0.2) is 48.0 Å².